The Hall–Kier alpha value is -3.79. The molecule has 4 N–H and O–H groups in total. The van der Waals surface area contributed by atoms with Gasteiger partial charge in [-0.1, -0.05) is 252 Å². The van der Waals surface area contributed by atoms with Gasteiger partial charge in [0.25, 0.3) is 0 Å². The molecule has 0 saturated carbocycles. The first-order valence-electron chi connectivity index (χ1n) is 36.2. The fraction of sp³-hybridized carbons (Fsp3) is 0.720. The van der Waals surface area contributed by atoms with Crippen LogP contribution in [0.5, 0.6) is 0 Å². The Morgan fingerprint density at radius 2 is 0.548 bits per heavy atom. The highest BCUT2D eigenvalue weighted by Gasteiger charge is 2.29. The number of allylic oxidation sites excluding steroid dienone is 18. The zero-order chi connectivity index (χ0) is 68.1. The number of unbranched alkanes of at least 4 members (excludes halogenated alkanes) is 27. The molecule has 0 aliphatic carbocycles. The molecular formula is C75H130O16P2. The Balaban J connectivity index is 4.57. The molecule has 0 aliphatic rings. The number of rotatable bonds is 68. The van der Waals surface area contributed by atoms with E-state index in [0.29, 0.717) is 19.3 Å². The Labute approximate surface area is 564 Å². The second-order valence-corrected chi connectivity index (χ2v) is 26.9. The van der Waals surface area contributed by atoms with Crippen LogP contribution in [0.3, 0.4) is 0 Å². The first-order valence-corrected chi connectivity index (χ1v) is 39.2. The average Bonchev–Trinajstić information content (AvgIpc) is 2.79. The SMILES string of the molecule is CCCC/C=C\CCCCCCCC(=O)OC(COC(=O)CCCCCCCCC/C=C\C/C=C\C/C=C\C/C=C\CCCCC)COP(=O)(O)OCC(O)COP(=O)(O)OCC(O)COC(=O)CCCCCCCCC/C=C\C/C=C\C/C=C\C/C=C\CCCCC. The van der Waals surface area contributed by atoms with Gasteiger partial charge in [0.15, 0.2) is 6.10 Å². The molecule has 0 saturated heterocycles. The van der Waals surface area contributed by atoms with Crippen molar-refractivity contribution in [3.8, 4) is 0 Å². The highest BCUT2D eigenvalue weighted by molar-refractivity contribution is 7.47. The van der Waals surface area contributed by atoms with Crippen LogP contribution in [0.4, 0.5) is 0 Å². The van der Waals surface area contributed by atoms with Gasteiger partial charge in [-0.25, -0.2) is 9.13 Å². The summed E-state index contributed by atoms with van der Waals surface area (Å²) in [5, 5.41) is 20.6. The predicted molar refractivity (Wildman–Crippen MR) is 380 cm³/mol. The minimum absolute atomic E-state index is 0.0897. The first kappa shape index (κ1) is 89.2. The quantitative estimate of drug-likeness (QED) is 0.0146. The standard InChI is InChI=1S/C75H130O16P2/c1-4-7-10-13-16-19-22-24-26-28-30-32-34-36-38-40-42-44-47-49-52-55-58-61-73(78)85-64-70(76)65-87-92(81,82)88-66-71(77)67-89-93(83,84)90-69-72(91-75(80)63-60-57-54-51-46-21-18-15-12-9-6-3)68-86-74(79)62-59-56-53-50-48-45-43-41-39-37-35-33-31-29-27-25-23-20-17-14-11-8-5-2/h15-20,24-27,30-33,36-39,70-72,76-77H,4-14,21-23,28-29,34-35,40-69H2,1-3H3,(H,81,82)(H,83,84)/b18-15-,19-16-,20-17-,26-24-,27-25-,32-30-,33-31-,38-36-,39-37-. The van der Waals surface area contributed by atoms with E-state index in [2.05, 4.69) is 130 Å². The second-order valence-electron chi connectivity index (χ2n) is 24.0. The molecule has 536 valence electrons. The van der Waals surface area contributed by atoms with Crippen molar-refractivity contribution < 1.29 is 75.8 Å². The molecule has 0 radical (unpaired) electrons. The van der Waals surface area contributed by atoms with Crippen LogP contribution < -0.4 is 0 Å². The fourth-order valence-corrected chi connectivity index (χ4v) is 10.9. The molecule has 0 fully saturated rings. The molecule has 16 nitrogen and oxygen atoms in total. The average molecular weight is 1350 g/mol. The molecule has 0 spiro atoms. The summed E-state index contributed by atoms with van der Waals surface area (Å²) in [6.07, 6.45) is 77.1. The number of hydrogen-bond acceptors (Lipinski definition) is 14. The van der Waals surface area contributed by atoms with Crippen molar-refractivity contribution in [2.24, 2.45) is 0 Å². The number of phosphoric ester groups is 2. The summed E-state index contributed by atoms with van der Waals surface area (Å²) in [6.45, 7) is 2.54. The third kappa shape index (κ3) is 69.4. The van der Waals surface area contributed by atoms with Crippen LogP contribution in [0.25, 0.3) is 0 Å². The van der Waals surface area contributed by atoms with Gasteiger partial charge in [-0.15, -0.1) is 0 Å². The molecule has 0 aromatic heterocycles. The molecule has 93 heavy (non-hydrogen) atoms. The monoisotopic (exact) mass is 1350 g/mol. The maximum absolute atomic E-state index is 12.9. The van der Waals surface area contributed by atoms with Gasteiger partial charge in [-0.2, -0.15) is 0 Å². The molecule has 0 bridgehead atoms. The number of carbonyl (C=O) groups is 3. The molecule has 5 unspecified atom stereocenters. The summed E-state index contributed by atoms with van der Waals surface area (Å²) in [5.41, 5.74) is 0. The minimum Gasteiger partial charge on any atom is -0.463 e. The summed E-state index contributed by atoms with van der Waals surface area (Å²) >= 11 is 0. The van der Waals surface area contributed by atoms with Crippen LogP contribution in [-0.2, 0) is 55.8 Å². The third-order valence-electron chi connectivity index (χ3n) is 14.9. The van der Waals surface area contributed by atoms with Crippen LogP contribution in [0.2, 0.25) is 0 Å². The molecule has 0 heterocycles. The number of hydrogen-bond donors (Lipinski definition) is 4. The van der Waals surface area contributed by atoms with Gasteiger partial charge in [-0.3, -0.25) is 32.5 Å². The van der Waals surface area contributed by atoms with Crippen molar-refractivity contribution in [2.45, 2.75) is 309 Å². The Morgan fingerprint density at radius 1 is 0.301 bits per heavy atom. The predicted octanol–water partition coefficient (Wildman–Crippen LogP) is 20.4. The van der Waals surface area contributed by atoms with Gasteiger partial charge < -0.3 is 34.2 Å². The van der Waals surface area contributed by atoms with E-state index in [0.717, 1.165) is 167 Å². The van der Waals surface area contributed by atoms with Crippen molar-refractivity contribution in [2.75, 3.05) is 39.6 Å². The molecule has 5 atom stereocenters. The Bertz CT molecular complexity index is 2130. The summed E-state index contributed by atoms with van der Waals surface area (Å²) < 4.78 is 60.9. The molecule has 0 rings (SSSR count). The van der Waals surface area contributed by atoms with Crippen molar-refractivity contribution in [1.82, 2.24) is 0 Å². The number of aliphatic hydroxyl groups is 2. The maximum atomic E-state index is 12.9. The van der Waals surface area contributed by atoms with Gasteiger partial charge >= 0.3 is 33.6 Å². The fourth-order valence-electron chi connectivity index (χ4n) is 9.34. The highest BCUT2D eigenvalue weighted by Crippen LogP contribution is 2.45. The highest BCUT2D eigenvalue weighted by atomic mass is 31.2. The summed E-state index contributed by atoms with van der Waals surface area (Å²) in [5.74, 6) is -1.61. The van der Waals surface area contributed by atoms with E-state index in [1.54, 1.807) is 0 Å². The lowest BCUT2D eigenvalue weighted by Gasteiger charge is -2.21. The molecule has 0 amide bonds. The number of carbonyl (C=O) groups excluding carboxylic acids is 3. The van der Waals surface area contributed by atoms with Gasteiger partial charge in [0.2, 0.25) is 0 Å². The Morgan fingerprint density at radius 3 is 0.892 bits per heavy atom. The molecule has 0 aromatic carbocycles. The maximum Gasteiger partial charge on any atom is 0.472 e. The topological polar surface area (TPSA) is 231 Å². The lowest BCUT2D eigenvalue weighted by molar-refractivity contribution is -0.161. The van der Waals surface area contributed by atoms with E-state index in [-0.39, 0.29) is 19.3 Å². The molecule has 0 aliphatic heterocycles. The van der Waals surface area contributed by atoms with Crippen molar-refractivity contribution >= 4 is 33.6 Å². The second kappa shape index (κ2) is 68.2. The lowest BCUT2D eigenvalue weighted by atomic mass is 10.1. The van der Waals surface area contributed by atoms with Crippen LogP contribution in [0.15, 0.2) is 109 Å². The van der Waals surface area contributed by atoms with E-state index in [1.807, 2.05) is 0 Å². The minimum atomic E-state index is -4.93. The molecule has 18 heteroatoms. The number of phosphoric acid groups is 2. The van der Waals surface area contributed by atoms with E-state index in [4.69, 9.17) is 32.3 Å². The van der Waals surface area contributed by atoms with E-state index >= 15 is 0 Å². The molecular weight excluding hydrogens is 1220 g/mol. The summed E-state index contributed by atoms with van der Waals surface area (Å²) in [7, 11) is -9.78. The summed E-state index contributed by atoms with van der Waals surface area (Å²) in [4.78, 5) is 58.4. The van der Waals surface area contributed by atoms with Crippen LogP contribution in [0.1, 0.15) is 290 Å². The zero-order valence-electron chi connectivity index (χ0n) is 58.1. The van der Waals surface area contributed by atoms with Crippen molar-refractivity contribution in [3.63, 3.8) is 0 Å². The normalized spacial score (nSPS) is 14.8. The zero-order valence-corrected chi connectivity index (χ0v) is 59.9. The number of esters is 3. The van der Waals surface area contributed by atoms with E-state index in [9.17, 15) is 43.5 Å². The third-order valence-corrected chi connectivity index (χ3v) is 16.8. The van der Waals surface area contributed by atoms with E-state index < -0.39 is 91.5 Å². The van der Waals surface area contributed by atoms with Gasteiger partial charge in [0, 0.05) is 19.3 Å². The van der Waals surface area contributed by atoms with Crippen LogP contribution in [0, 0.1) is 0 Å². The van der Waals surface area contributed by atoms with Gasteiger partial charge in [0.05, 0.1) is 26.4 Å². The number of ether oxygens (including phenoxy) is 3. The van der Waals surface area contributed by atoms with Gasteiger partial charge in [0.1, 0.15) is 25.4 Å². The summed E-state index contributed by atoms with van der Waals surface area (Å²) in [6, 6.07) is 0. The number of aliphatic hydroxyl groups excluding tert-OH is 2. The first-order chi connectivity index (χ1) is 45.2. The Kier molecular flexibility index (Phi) is 65.4. The van der Waals surface area contributed by atoms with Gasteiger partial charge in [-0.05, 0) is 128 Å². The largest absolute Gasteiger partial charge is 0.472 e. The van der Waals surface area contributed by atoms with Crippen LogP contribution in [-0.4, -0.2) is 95.9 Å². The molecule has 0 aromatic rings. The lowest BCUT2D eigenvalue weighted by Crippen LogP contribution is -2.30. The smallest absolute Gasteiger partial charge is 0.463 e. The van der Waals surface area contributed by atoms with Crippen molar-refractivity contribution in [3.05, 3.63) is 109 Å². The van der Waals surface area contributed by atoms with E-state index in [1.165, 1.54) is 64.2 Å². The van der Waals surface area contributed by atoms with Crippen molar-refractivity contribution in [1.29, 1.82) is 0 Å². The van der Waals surface area contributed by atoms with Crippen LogP contribution >= 0.6 is 15.6 Å².